The molecule has 0 bridgehead atoms. The molecule has 2 rings (SSSR count). The van der Waals surface area contributed by atoms with Crippen molar-refractivity contribution in [3.63, 3.8) is 0 Å². The lowest BCUT2D eigenvalue weighted by atomic mass is 10.1. The molecule has 0 unspecified atom stereocenters. The first-order valence-corrected chi connectivity index (χ1v) is 7.81. The second-order valence-electron chi connectivity index (χ2n) is 6.62. The van der Waals surface area contributed by atoms with Crippen LogP contribution < -0.4 is 10.6 Å². The second kappa shape index (κ2) is 7.34. The molecule has 2 aromatic rings. The molecular formula is C19H21FN2O3. The molecule has 0 aromatic heterocycles. The highest BCUT2D eigenvalue weighted by molar-refractivity contribution is 6.04. The molecule has 2 amide bonds. The van der Waals surface area contributed by atoms with Crippen molar-refractivity contribution in [2.24, 2.45) is 0 Å². The van der Waals surface area contributed by atoms with Gasteiger partial charge < -0.3 is 10.1 Å². The largest absolute Gasteiger partial charge is 0.444 e. The van der Waals surface area contributed by atoms with Crippen molar-refractivity contribution in [3.8, 4) is 0 Å². The first-order chi connectivity index (χ1) is 11.6. The van der Waals surface area contributed by atoms with Crippen molar-refractivity contribution in [3.05, 3.63) is 59.4 Å². The molecule has 2 aromatic carbocycles. The van der Waals surface area contributed by atoms with Crippen LogP contribution in [-0.2, 0) is 4.74 Å². The van der Waals surface area contributed by atoms with Gasteiger partial charge in [-0.2, -0.15) is 0 Å². The molecule has 0 aliphatic heterocycles. The van der Waals surface area contributed by atoms with E-state index in [9.17, 15) is 14.0 Å². The number of hydrogen-bond donors (Lipinski definition) is 2. The number of carbonyl (C=O) groups is 2. The third-order valence-corrected chi connectivity index (χ3v) is 3.22. The van der Waals surface area contributed by atoms with Crippen molar-refractivity contribution in [1.82, 2.24) is 0 Å². The van der Waals surface area contributed by atoms with Gasteiger partial charge in [0.15, 0.2) is 0 Å². The van der Waals surface area contributed by atoms with Crippen LogP contribution in [0.5, 0.6) is 0 Å². The number of carbonyl (C=O) groups excluding carboxylic acids is 2. The number of nitrogens with one attached hydrogen (secondary N) is 2. The van der Waals surface area contributed by atoms with Gasteiger partial charge in [-0.05, 0) is 69.7 Å². The van der Waals surface area contributed by atoms with Crippen molar-refractivity contribution < 1.29 is 18.7 Å². The van der Waals surface area contributed by atoms with Crippen LogP contribution >= 0.6 is 0 Å². The molecule has 0 spiro atoms. The normalized spacial score (nSPS) is 10.9. The molecule has 25 heavy (non-hydrogen) atoms. The summed E-state index contributed by atoms with van der Waals surface area (Å²) < 4.78 is 18.7. The summed E-state index contributed by atoms with van der Waals surface area (Å²) in [6.45, 7) is 6.97. The maximum absolute atomic E-state index is 13.5. The van der Waals surface area contributed by atoms with Gasteiger partial charge in [0.05, 0.1) is 0 Å². The number of amides is 2. The lowest BCUT2D eigenvalue weighted by Gasteiger charge is -2.19. The molecule has 0 heterocycles. The predicted molar refractivity (Wildman–Crippen MR) is 95.4 cm³/mol. The van der Waals surface area contributed by atoms with E-state index in [4.69, 9.17) is 4.74 Å². The van der Waals surface area contributed by atoms with Crippen molar-refractivity contribution in [1.29, 1.82) is 0 Å². The minimum Gasteiger partial charge on any atom is -0.444 e. The summed E-state index contributed by atoms with van der Waals surface area (Å²) >= 11 is 0. The summed E-state index contributed by atoms with van der Waals surface area (Å²) in [7, 11) is 0. The highest BCUT2D eigenvalue weighted by Crippen LogP contribution is 2.16. The van der Waals surface area contributed by atoms with Crippen LogP contribution in [0.25, 0.3) is 0 Å². The maximum atomic E-state index is 13.5. The summed E-state index contributed by atoms with van der Waals surface area (Å²) in [6, 6.07) is 10.8. The Morgan fingerprint density at radius 2 is 1.56 bits per heavy atom. The molecule has 2 N–H and O–H groups in total. The van der Waals surface area contributed by atoms with E-state index in [0.29, 0.717) is 22.5 Å². The Labute approximate surface area is 146 Å². The Morgan fingerprint density at radius 1 is 0.960 bits per heavy atom. The zero-order chi connectivity index (χ0) is 18.6. The molecule has 0 saturated heterocycles. The number of rotatable bonds is 3. The highest BCUT2D eigenvalue weighted by atomic mass is 19.1. The topological polar surface area (TPSA) is 67.4 Å². The summed E-state index contributed by atoms with van der Waals surface area (Å²) in [4.78, 5) is 23.9. The standard InChI is InChI=1S/C19H21FN2O3/c1-12-5-8-15(11-16(12)20)21-17(23)13-6-9-14(10-7-13)22-18(24)25-19(2,3)4/h5-11H,1-4H3,(H,21,23)(H,22,24). The number of ether oxygens (including phenoxy) is 1. The second-order valence-corrected chi connectivity index (χ2v) is 6.62. The number of aryl methyl sites for hydroxylation is 1. The molecule has 5 nitrogen and oxygen atoms in total. The van der Waals surface area contributed by atoms with Crippen LogP contribution in [0.4, 0.5) is 20.6 Å². The van der Waals surface area contributed by atoms with E-state index in [-0.39, 0.29) is 11.7 Å². The molecule has 0 aliphatic carbocycles. The van der Waals surface area contributed by atoms with Gasteiger partial charge >= 0.3 is 6.09 Å². The van der Waals surface area contributed by atoms with E-state index in [1.165, 1.54) is 6.07 Å². The fourth-order valence-electron chi connectivity index (χ4n) is 2.00. The molecule has 0 aliphatic rings. The van der Waals surface area contributed by atoms with Crippen LogP contribution in [0.1, 0.15) is 36.7 Å². The fourth-order valence-corrected chi connectivity index (χ4v) is 2.00. The van der Waals surface area contributed by atoms with Gasteiger partial charge in [0.2, 0.25) is 0 Å². The monoisotopic (exact) mass is 344 g/mol. The minimum atomic E-state index is -0.590. The Morgan fingerprint density at radius 3 is 2.12 bits per heavy atom. The third-order valence-electron chi connectivity index (χ3n) is 3.22. The number of anilines is 2. The van der Waals surface area contributed by atoms with Crippen molar-refractivity contribution in [2.75, 3.05) is 10.6 Å². The van der Waals surface area contributed by atoms with E-state index in [1.54, 1.807) is 64.1 Å². The molecule has 0 saturated carbocycles. The van der Waals surface area contributed by atoms with E-state index in [0.717, 1.165) is 0 Å². The van der Waals surface area contributed by atoms with E-state index in [2.05, 4.69) is 10.6 Å². The van der Waals surface area contributed by atoms with Gasteiger partial charge in [0, 0.05) is 16.9 Å². The first-order valence-electron chi connectivity index (χ1n) is 7.81. The van der Waals surface area contributed by atoms with E-state index < -0.39 is 11.7 Å². The van der Waals surface area contributed by atoms with Crippen molar-refractivity contribution >= 4 is 23.4 Å². The van der Waals surface area contributed by atoms with Crippen LogP contribution in [0.2, 0.25) is 0 Å². The van der Waals surface area contributed by atoms with Crippen molar-refractivity contribution in [2.45, 2.75) is 33.3 Å². The van der Waals surface area contributed by atoms with Gasteiger partial charge in [-0.25, -0.2) is 9.18 Å². The van der Waals surface area contributed by atoms with Crippen LogP contribution in [0.3, 0.4) is 0 Å². The number of hydrogen-bond acceptors (Lipinski definition) is 3. The molecule has 0 radical (unpaired) electrons. The third kappa shape index (κ3) is 5.60. The average molecular weight is 344 g/mol. The Balaban J connectivity index is 2.00. The zero-order valence-corrected chi connectivity index (χ0v) is 14.6. The SMILES string of the molecule is Cc1ccc(NC(=O)c2ccc(NC(=O)OC(C)(C)C)cc2)cc1F. The van der Waals surface area contributed by atoms with Crippen LogP contribution in [0.15, 0.2) is 42.5 Å². The van der Waals surface area contributed by atoms with E-state index in [1.807, 2.05) is 0 Å². The quantitative estimate of drug-likeness (QED) is 0.845. The Hall–Kier alpha value is -2.89. The molecular weight excluding hydrogens is 323 g/mol. The number of halogens is 1. The van der Waals surface area contributed by atoms with Crippen LogP contribution in [0, 0.1) is 12.7 Å². The Kier molecular flexibility index (Phi) is 5.41. The van der Waals surface area contributed by atoms with Gasteiger partial charge in [-0.1, -0.05) is 6.07 Å². The fraction of sp³-hybridized carbons (Fsp3) is 0.263. The first kappa shape index (κ1) is 18.4. The smallest absolute Gasteiger partial charge is 0.412 e. The molecule has 0 atom stereocenters. The lowest BCUT2D eigenvalue weighted by molar-refractivity contribution is 0.0636. The summed E-state index contributed by atoms with van der Waals surface area (Å²) in [6.07, 6.45) is -0.570. The summed E-state index contributed by atoms with van der Waals surface area (Å²) in [5, 5.41) is 5.21. The maximum Gasteiger partial charge on any atom is 0.412 e. The zero-order valence-electron chi connectivity index (χ0n) is 14.6. The van der Waals surface area contributed by atoms with Crippen LogP contribution in [-0.4, -0.2) is 17.6 Å². The lowest BCUT2D eigenvalue weighted by Crippen LogP contribution is -2.27. The van der Waals surface area contributed by atoms with E-state index >= 15 is 0 Å². The van der Waals surface area contributed by atoms with Gasteiger partial charge in [0.25, 0.3) is 5.91 Å². The molecule has 6 heteroatoms. The molecule has 132 valence electrons. The van der Waals surface area contributed by atoms with Gasteiger partial charge in [0.1, 0.15) is 11.4 Å². The summed E-state index contributed by atoms with van der Waals surface area (Å²) in [5.41, 5.74) is 1.19. The Bertz CT molecular complexity index is 780. The predicted octanol–water partition coefficient (Wildman–Crippen LogP) is 4.73. The minimum absolute atomic E-state index is 0.368. The summed E-state index contributed by atoms with van der Waals surface area (Å²) in [5.74, 6) is -0.748. The molecule has 0 fully saturated rings. The van der Waals surface area contributed by atoms with Gasteiger partial charge in [-0.3, -0.25) is 10.1 Å². The van der Waals surface area contributed by atoms with Gasteiger partial charge in [-0.15, -0.1) is 0 Å². The number of benzene rings is 2. The highest BCUT2D eigenvalue weighted by Gasteiger charge is 2.16. The average Bonchev–Trinajstić information content (AvgIpc) is 2.49.